The Bertz CT molecular complexity index is 330. The maximum absolute atomic E-state index is 5.99. The summed E-state index contributed by atoms with van der Waals surface area (Å²) >= 11 is 0. The van der Waals surface area contributed by atoms with Crippen molar-refractivity contribution in [2.45, 2.75) is 64.6 Å². The van der Waals surface area contributed by atoms with Crippen LogP contribution in [0.2, 0.25) is 0 Å². The predicted molar refractivity (Wildman–Crippen MR) is 95.1 cm³/mol. The molecule has 0 radical (unpaired) electrons. The van der Waals surface area contributed by atoms with E-state index >= 15 is 0 Å². The molecule has 0 bridgehead atoms. The third-order valence-corrected chi connectivity index (χ3v) is 3.69. The van der Waals surface area contributed by atoms with Gasteiger partial charge in [-0.25, -0.2) is 0 Å². The van der Waals surface area contributed by atoms with Crippen LogP contribution in [0.25, 0.3) is 0 Å². The van der Waals surface area contributed by atoms with Gasteiger partial charge in [0, 0.05) is 0 Å². The zero-order valence-electron chi connectivity index (χ0n) is 14.2. The van der Waals surface area contributed by atoms with E-state index < -0.39 is 0 Å². The zero-order valence-corrected chi connectivity index (χ0v) is 14.2. The molecule has 0 aromatic carbocycles. The van der Waals surface area contributed by atoms with Crippen molar-refractivity contribution in [2.75, 3.05) is 13.2 Å². The van der Waals surface area contributed by atoms with Crippen molar-refractivity contribution in [2.24, 2.45) is 0 Å². The molecule has 0 N–H and O–H groups in total. The van der Waals surface area contributed by atoms with Gasteiger partial charge in [0.15, 0.2) is 0 Å². The highest BCUT2D eigenvalue weighted by Crippen LogP contribution is 2.23. The van der Waals surface area contributed by atoms with Crippen LogP contribution in [0.1, 0.15) is 52.4 Å². The summed E-state index contributed by atoms with van der Waals surface area (Å²) in [5, 5.41) is 0. The highest BCUT2D eigenvalue weighted by Gasteiger charge is 2.25. The van der Waals surface area contributed by atoms with E-state index in [1.165, 1.54) is 12.8 Å². The van der Waals surface area contributed by atoms with Gasteiger partial charge in [-0.05, 0) is 25.7 Å². The minimum atomic E-state index is 0.244. The Morgan fingerprint density at radius 3 is 1.50 bits per heavy atom. The summed E-state index contributed by atoms with van der Waals surface area (Å²) in [5.74, 6) is 0. The number of hydrogen-bond donors (Lipinski definition) is 0. The van der Waals surface area contributed by atoms with Crippen molar-refractivity contribution < 1.29 is 9.47 Å². The SMILES string of the molecule is CC/C=C/C=C/COC1CCCCC1OC/C=C/C=C/CC. The smallest absolute Gasteiger partial charge is 0.0841 e. The first-order valence-electron chi connectivity index (χ1n) is 8.75. The van der Waals surface area contributed by atoms with Crippen molar-refractivity contribution in [1.82, 2.24) is 0 Å². The Kier molecular flexibility index (Phi) is 11.6. The zero-order chi connectivity index (χ0) is 15.9. The normalized spacial score (nSPS) is 23.5. The van der Waals surface area contributed by atoms with Gasteiger partial charge in [0.05, 0.1) is 25.4 Å². The third kappa shape index (κ3) is 9.01. The first-order valence-corrected chi connectivity index (χ1v) is 8.75. The molecule has 1 aliphatic carbocycles. The number of ether oxygens (including phenoxy) is 2. The molecule has 2 atom stereocenters. The maximum atomic E-state index is 5.99. The molecule has 124 valence electrons. The topological polar surface area (TPSA) is 18.5 Å². The molecular formula is C20H32O2. The van der Waals surface area contributed by atoms with Crippen LogP contribution in [0, 0.1) is 0 Å². The lowest BCUT2D eigenvalue weighted by atomic mass is 9.94. The summed E-state index contributed by atoms with van der Waals surface area (Å²) in [4.78, 5) is 0. The monoisotopic (exact) mass is 304 g/mol. The van der Waals surface area contributed by atoms with Crippen LogP contribution in [0.4, 0.5) is 0 Å². The molecule has 2 heteroatoms. The molecule has 1 fully saturated rings. The van der Waals surface area contributed by atoms with Crippen LogP contribution in [0.3, 0.4) is 0 Å². The van der Waals surface area contributed by atoms with Crippen molar-refractivity contribution in [3.8, 4) is 0 Å². The van der Waals surface area contributed by atoms with Crippen LogP contribution in [-0.2, 0) is 9.47 Å². The van der Waals surface area contributed by atoms with E-state index in [2.05, 4.69) is 62.5 Å². The molecule has 0 spiro atoms. The van der Waals surface area contributed by atoms with Crippen LogP contribution >= 0.6 is 0 Å². The molecule has 1 saturated carbocycles. The highest BCUT2D eigenvalue weighted by molar-refractivity contribution is 5.03. The standard InChI is InChI=1S/C20H32O2/c1-3-5-7-9-13-17-21-19-15-11-12-16-20(19)22-18-14-10-8-6-4-2/h5-10,13-14,19-20H,3-4,11-12,15-18H2,1-2H3/b7-5+,8-6+,13-9+,14-10+. The van der Waals surface area contributed by atoms with Gasteiger partial charge in [-0.15, -0.1) is 0 Å². The quantitative estimate of drug-likeness (QED) is 0.505. The van der Waals surface area contributed by atoms with E-state index in [1.807, 2.05) is 0 Å². The Morgan fingerprint density at radius 1 is 0.682 bits per heavy atom. The maximum Gasteiger partial charge on any atom is 0.0841 e. The van der Waals surface area contributed by atoms with Crippen molar-refractivity contribution in [3.63, 3.8) is 0 Å². The lowest BCUT2D eigenvalue weighted by Crippen LogP contribution is -2.35. The molecule has 1 aliphatic rings. The van der Waals surface area contributed by atoms with Crippen molar-refractivity contribution in [1.29, 1.82) is 0 Å². The van der Waals surface area contributed by atoms with Crippen LogP contribution < -0.4 is 0 Å². The third-order valence-electron chi connectivity index (χ3n) is 3.69. The lowest BCUT2D eigenvalue weighted by Gasteiger charge is -2.30. The van der Waals surface area contributed by atoms with E-state index in [1.54, 1.807) is 0 Å². The van der Waals surface area contributed by atoms with Gasteiger partial charge >= 0.3 is 0 Å². The number of rotatable bonds is 10. The van der Waals surface area contributed by atoms with E-state index in [0.29, 0.717) is 13.2 Å². The summed E-state index contributed by atoms with van der Waals surface area (Å²) in [6.45, 7) is 5.62. The second-order valence-electron chi connectivity index (χ2n) is 5.56. The Morgan fingerprint density at radius 2 is 1.09 bits per heavy atom. The summed E-state index contributed by atoms with van der Waals surface area (Å²) in [7, 11) is 0. The van der Waals surface area contributed by atoms with E-state index in [4.69, 9.17) is 9.47 Å². The molecule has 0 amide bonds. The molecular weight excluding hydrogens is 272 g/mol. The lowest BCUT2D eigenvalue weighted by molar-refractivity contribution is -0.0782. The molecule has 2 nitrogen and oxygen atoms in total. The minimum Gasteiger partial charge on any atom is -0.371 e. The number of allylic oxidation sites excluding steroid dienone is 6. The molecule has 0 heterocycles. The van der Waals surface area contributed by atoms with Gasteiger partial charge < -0.3 is 9.47 Å². The molecule has 0 aromatic rings. The Balaban J connectivity index is 2.27. The van der Waals surface area contributed by atoms with Crippen LogP contribution in [0.15, 0.2) is 48.6 Å². The fourth-order valence-corrected chi connectivity index (χ4v) is 2.50. The minimum absolute atomic E-state index is 0.244. The molecule has 2 unspecified atom stereocenters. The first kappa shape index (κ1) is 18.9. The second kappa shape index (κ2) is 13.5. The molecule has 0 aromatic heterocycles. The van der Waals surface area contributed by atoms with Gasteiger partial charge in [-0.2, -0.15) is 0 Å². The summed E-state index contributed by atoms with van der Waals surface area (Å²) in [6, 6.07) is 0. The molecule has 0 saturated heterocycles. The van der Waals surface area contributed by atoms with Crippen molar-refractivity contribution >= 4 is 0 Å². The summed E-state index contributed by atoms with van der Waals surface area (Å²) in [5.41, 5.74) is 0. The van der Waals surface area contributed by atoms with Crippen LogP contribution in [0.5, 0.6) is 0 Å². The van der Waals surface area contributed by atoms with E-state index in [9.17, 15) is 0 Å². The molecule has 1 rings (SSSR count). The van der Waals surface area contributed by atoms with Gasteiger partial charge in [-0.3, -0.25) is 0 Å². The fraction of sp³-hybridized carbons (Fsp3) is 0.600. The summed E-state index contributed by atoms with van der Waals surface area (Å²) in [6.07, 6.45) is 24.1. The Hall–Kier alpha value is -1.12. The van der Waals surface area contributed by atoms with Gasteiger partial charge in [0.1, 0.15) is 0 Å². The first-order chi connectivity index (χ1) is 10.9. The van der Waals surface area contributed by atoms with E-state index in [0.717, 1.165) is 25.7 Å². The summed E-state index contributed by atoms with van der Waals surface area (Å²) < 4.78 is 12.0. The van der Waals surface area contributed by atoms with Gasteiger partial charge in [0.2, 0.25) is 0 Å². The molecule has 0 aliphatic heterocycles. The average Bonchev–Trinajstić information content (AvgIpc) is 2.55. The van der Waals surface area contributed by atoms with Crippen LogP contribution in [-0.4, -0.2) is 25.4 Å². The highest BCUT2D eigenvalue weighted by atomic mass is 16.5. The second-order valence-corrected chi connectivity index (χ2v) is 5.56. The number of hydrogen-bond acceptors (Lipinski definition) is 2. The molecule has 22 heavy (non-hydrogen) atoms. The van der Waals surface area contributed by atoms with E-state index in [-0.39, 0.29) is 12.2 Å². The predicted octanol–water partition coefficient (Wildman–Crippen LogP) is 5.38. The van der Waals surface area contributed by atoms with Gasteiger partial charge in [-0.1, -0.05) is 75.3 Å². The fourth-order valence-electron chi connectivity index (χ4n) is 2.50. The van der Waals surface area contributed by atoms with Gasteiger partial charge in [0.25, 0.3) is 0 Å². The Labute approximate surface area is 136 Å². The average molecular weight is 304 g/mol. The largest absolute Gasteiger partial charge is 0.371 e. The van der Waals surface area contributed by atoms with Crippen molar-refractivity contribution in [3.05, 3.63) is 48.6 Å².